The molecule has 2 aromatic heterocycles. The molecule has 0 fully saturated rings. The van der Waals surface area contributed by atoms with Gasteiger partial charge in [-0.15, -0.1) is 0 Å². The summed E-state index contributed by atoms with van der Waals surface area (Å²) in [5.74, 6) is 1.80. The monoisotopic (exact) mass is 994 g/mol. The first-order chi connectivity index (χ1) is 25.9. The van der Waals surface area contributed by atoms with Gasteiger partial charge >= 0.3 is 304 Å². The normalized spacial score (nSPS) is 13.8. The molecular weight excluding hydrogens is 902 g/mol. The Morgan fingerprint density at radius 3 is 0.963 bits per heavy atom. The van der Waals surface area contributed by atoms with E-state index in [9.17, 15) is 0 Å². The first-order valence-corrected chi connectivity index (χ1v) is 45.6. The molecule has 0 aliphatic rings. The van der Waals surface area contributed by atoms with E-state index in [2.05, 4.69) is 92.1 Å². The molecule has 2 heterocycles. The van der Waals surface area contributed by atoms with Crippen molar-refractivity contribution < 1.29 is 0 Å². The van der Waals surface area contributed by atoms with Crippen molar-refractivity contribution in [2.75, 3.05) is 0 Å². The van der Waals surface area contributed by atoms with Gasteiger partial charge < -0.3 is 0 Å². The molecule has 3 aromatic rings. The number of aryl methyl sites for hydroxylation is 2. The van der Waals surface area contributed by atoms with Gasteiger partial charge in [-0.1, -0.05) is 53.4 Å². The predicted octanol–water partition coefficient (Wildman–Crippen LogP) is 17.7. The molecule has 0 nitrogen and oxygen atoms in total. The van der Waals surface area contributed by atoms with Crippen LogP contribution in [0.1, 0.15) is 206 Å². The van der Waals surface area contributed by atoms with Crippen LogP contribution in [0, 0.1) is 11.8 Å². The van der Waals surface area contributed by atoms with Gasteiger partial charge in [-0.25, -0.2) is 0 Å². The third-order valence-electron chi connectivity index (χ3n) is 12.6. The van der Waals surface area contributed by atoms with Gasteiger partial charge in [-0.3, -0.25) is 0 Å². The molecule has 0 N–H and O–H groups in total. The summed E-state index contributed by atoms with van der Waals surface area (Å²) in [5.41, 5.74) is 3.55. The fourth-order valence-corrected chi connectivity index (χ4v) is 21.8. The Morgan fingerprint density at radius 1 is 0.389 bits per heavy atom. The molecule has 0 saturated heterocycles. The standard InChI is InChI=1S/C44H72S2.6CH3.2Sn/c1-5-9-13-17-19-23-27-37(25-21-15-11-7-3)29-31-39-41-33-35-46-44(41)40(42-34-36-45-43(39)42)32-30-38(26-22-16-12-8-4)28-24-20-18-14-10-6-2;;;;;;;;/h33-34,37-38H,5-32H2,1-4H3;6*1H3;;. The fourth-order valence-electron chi connectivity index (χ4n) is 8.87. The SMILES string of the molecule is CCCCCCCCC(CCCCCC)CCc1c2c[c]([Sn]([CH3])([CH3])[CH3])sc2c(CCC(CCCCCC)CCCCCCCC)c2c[c]([Sn]([CH3])([CH3])[CH3])sc12. The Hall–Kier alpha value is 0.737. The van der Waals surface area contributed by atoms with Gasteiger partial charge in [0.2, 0.25) is 0 Å². The van der Waals surface area contributed by atoms with Crippen molar-refractivity contribution in [3.8, 4) is 0 Å². The quantitative estimate of drug-likeness (QED) is 0.0432. The average molecular weight is 993 g/mol. The summed E-state index contributed by atoms with van der Waals surface area (Å²) in [4.78, 5) is 16.0. The van der Waals surface area contributed by atoms with Crippen LogP contribution >= 0.6 is 22.7 Å². The molecule has 0 aliphatic heterocycles. The molecule has 0 radical (unpaired) electrons. The Labute approximate surface area is 354 Å². The van der Waals surface area contributed by atoms with E-state index in [1.165, 1.54) is 180 Å². The van der Waals surface area contributed by atoms with Crippen molar-refractivity contribution in [3.63, 3.8) is 0 Å². The molecule has 0 amide bonds. The number of hydrogen-bond donors (Lipinski definition) is 0. The third kappa shape index (κ3) is 17.1. The zero-order chi connectivity index (χ0) is 39.4. The van der Waals surface area contributed by atoms with Crippen molar-refractivity contribution in [3.05, 3.63) is 23.3 Å². The van der Waals surface area contributed by atoms with Crippen LogP contribution in [0.2, 0.25) is 29.6 Å². The molecule has 1 aromatic carbocycles. The van der Waals surface area contributed by atoms with E-state index in [0.717, 1.165) is 11.8 Å². The maximum atomic E-state index is 2.79. The molecule has 0 spiro atoms. The topological polar surface area (TPSA) is 0 Å². The van der Waals surface area contributed by atoms with Crippen LogP contribution in [0.4, 0.5) is 0 Å². The van der Waals surface area contributed by atoms with Gasteiger partial charge in [0.15, 0.2) is 0 Å². The van der Waals surface area contributed by atoms with Crippen molar-refractivity contribution in [1.29, 1.82) is 0 Å². The van der Waals surface area contributed by atoms with E-state index in [1.807, 2.05) is 0 Å². The average Bonchev–Trinajstić information content (AvgIpc) is 3.78. The molecule has 2 unspecified atom stereocenters. The summed E-state index contributed by atoms with van der Waals surface area (Å²) in [6, 6.07) is 5.58. The maximum absolute atomic E-state index is 2.79. The molecular formula is C50H90S2Sn2. The van der Waals surface area contributed by atoms with Gasteiger partial charge in [0.25, 0.3) is 0 Å². The Kier molecular flexibility index (Phi) is 24.3. The second-order valence-electron chi connectivity index (χ2n) is 19.8. The second-order valence-corrected chi connectivity index (χ2v) is 52.7. The van der Waals surface area contributed by atoms with E-state index in [4.69, 9.17) is 0 Å². The molecule has 310 valence electrons. The van der Waals surface area contributed by atoms with Crippen LogP contribution < -0.4 is 5.79 Å². The number of thiophene rings is 2. The van der Waals surface area contributed by atoms with Crippen LogP contribution in [0.3, 0.4) is 0 Å². The third-order valence-corrected chi connectivity index (χ3v) is 33.9. The number of hydrogen-bond acceptors (Lipinski definition) is 2. The number of unbranched alkanes of at least 4 members (excludes halogenated alkanes) is 16. The number of fused-ring (bicyclic) bond motifs is 2. The van der Waals surface area contributed by atoms with Gasteiger partial charge in [-0.05, 0) is 0 Å². The van der Waals surface area contributed by atoms with Crippen LogP contribution in [0.15, 0.2) is 12.1 Å². The molecule has 4 heteroatoms. The first-order valence-electron chi connectivity index (χ1n) is 24.0. The van der Waals surface area contributed by atoms with Gasteiger partial charge in [0, 0.05) is 0 Å². The van der Waals surface area contributed by atoms with Gasteiger partial charge in [0.1, 0.15) is 0 Å². The van der Waals surface area contributed by atoms with E-state index >= 15 is 0 Å². The second kappa shape index (κ2) is 26.8. The Balaban J connectivity index is 1.99. The Morgan fingerprint density at radius 2 is 0.667 bits per heavy atom. The van der Waals surface area contributed by atoms with Crippen LogP contribution in [0.5, 0.6) is 0 Å². The zero-order valence-electron chi connectivity index (χ0n) is 37.9. The molecule has 0 bridgehead atoms. The first kappa shape index (κ1) is 49.1. The van der Waals surface area contributed by atoms with Gasteiger partial charge in [-0.2, -0.15) is 0 Å². The van der Waals surface area contributed by atoms with Crippen LogP contribution in [-0.4, -0.2) is 36.8 Å². The predicted molar refractivity (Wildman–Crippen MR) is 260 cm³/mol. The summed E-state index contributed by atoms with van der Waals surface area (Å²) < 4.78 is 7.07. The minimum absolute atomic E-state index is 0.898. The number of benzene rings is 1. The van der Waals surface area contributed by atoms with Gasteiger partial charge in [0.05, 0.1) is 0 Å². The van der Waals surface area contributed by atoms with Crippen molar-refractivity contribution >= 4 is 85.4 Å². The fraction of sp³-hybridized carbons (Fsp3) is 0.800. The molecule has 0 aliphatic carbocycles. The summed E-state index contributed by atoms with van der Waals surface area (Å²) in [6.45, 7) is 9.43. The van der Waals surface area contributed by atoms with Crippen molar-refractivity contribution in [2.24, 2.45) is 11.8 Å². The summed E-state index contributed by atoms with van der Waals surface area (Å²) in [7, 11) is 0. The van der Waals surface area contributed by atoms with Crippen LogP contribution in [0.25, 0.3) is 20.2 Å². The Bertz CT molecular complexity index is 1260. The van der Waals surface area contributed by atoms with E-state index in [1.54, 1.807) is 37.1 Å². The van der Waals surface area contributed by atoms with Crippen LogP contribution in [-0.2, 0) is 12.8 Å². The van der Waals surface area contributed by atoms with E-state index < -0.39 is 36.8 Å². The van der Waals surface area contributed by atoms with E-state index in [-0.39, 0.29) is 0 Å². The molecule has 0 saturated carbocycles. The molecule has 2 atom stereocenters. The summed E-state index contributed by atoms with van der Waals surface area (Å²) in [5, 5.41) is 3.42. The minimum atomic E-state index is -2.26. The zero-order valence-corrected chi connectivity index (χ0v) is 45.3. The number of rotatable bonds is 32. The summed E-state index contributed by atoms with van der Waals surface area (Å²) in [6.07, 6.45) is 39.7. The summed E-state index contributed by atoms with van der Waals surface area (Å²) >= 11 is 0.0262. The van der Waals surface area contributed by atoms with Crippen molar-refractivity contribution in [1.82, 2.24) is 0 Å². The van der Waals surface area contributed by atoms with E-state index in [0.29, 0.717) is 0 Å². The molecule has 3 rings (SSSR count). The molecule has 54 heavy (non-hydrogen) atoms. The van der Waals surface area contributed by atoms with Crippen molar-refractivity contribution in [2.45, 2.75) is 237 Å².